The van der Waals surface area contributed by atoms with E-state index in [-0.39, 0.29) is 23.9 Å². The van der Waals surface area contributed by atoms with Gasteiger partial charge < -0.3 is 14.8 Å². The quantitative estimate of drug-likeness (QED) is 0.785. The largest absolute Gasteiger partial charge is 0.339 e. The van der Waals surface area contributed by atoms with Crippen molar-refractivity contribution in [3.05, 3.63) is 26.6 Å². The van der Waals surface area contributed by atoms with Crippen molar-refractivity contribution in [1.29, 1.82) is 0 Å². The zero-order valence-electron chi connectivity index (χ0n) is 16.0. The molecule has 2 fully saturated rings. The van der Waals surface area contributed by atoms with Gasteiger partial charge in [0.2, 0.25) is 11.8 Å². The molecule has 0 bridgehead atoms. The lowest BCUT2D eigenvalue weighted by Gasteiger charge is -2.35. The molecule has 0 spiro atoms. The van der Waals surface area contributed by atoms with Gasteiger partial charge in [-0.25, -0.2) is 4.98 Å². The molecule has 150 valence electrons. The van der Waals surface area contributed by atoms with Gasteiger partial charge in [-0.05, 0) is 19.4 Å². The van der Waals surface area contributed by atoms with E-state index in [1.54, 1.807) is 28.0 Å². The van der Waals surface area contributed by atoms with E-state index in [1.165, 1.54) is 0 Å². The molecular formula is C18H23N5O3S2. The summed E-state index contributed by atoms with van der Waals surface area (Å²) in [5.74, 6) is 1.79. The molecule has 2 aliphatic heterocycles. The van der Waals surface area contributed by atoms with Crippen LogP contribution in [-0.4, -0.2) is 80.8 Å². The van der Waals surface area contributed by atoms with Gasteiger partial charge in [-0.15, -0.1) is 23.1 Å². The molecule has 4 rings (SSSR count). The van der Waals surface area contributed by atoms with Crippen LogP contribution in [0.5, 0.6) is 0 Å². The highest BCUT2D eigenvalue weighted by Gasteiger charge is 2.27. The minimum atomic E-state index is -0.0798. The van der Waals surface area contributed by atoms with E-state index >= 15 is 0 Å². The summed E-state index contributed by atoms with van der Waals surface area (Å²) in [6, 6.07) is 0. The number of thiophene rings is 1. The minimum Gasteiger partial charge on any atom is -0.339 e. The van der Waals surface area contributed by atoms with Crippen molar-refractivity contribution >= 4 is 45.1 Å². The molecule has 0 unspecified atom stereocenters. The fourth-order valence-electron chi connectivity index (χ4n) is 3.54. The summed E-state index contributed by atoms with van der Waals surface area (Å²) in [6.07, 6.45) is 0. The molecule has 0 radical (unpaired) electrons. The number of fused-ring (bicyclic) bond motifs is 1. The van der Waals surface area contributed by atoms with Crippen molar-refractivity contribution in [3.63, 3.8) is 0 Å². The molecule has 4 heterocycles. The number of aromatic nitrogens is 2. The maximum atomic E-state index is 12.4. The van der Waals surface area contributed by atoms with E-state index in [9.17, 15) is 14.4 Å². The summed E-state index contributed by atoms with van der Waals surface area (Å²) in [6.45, 7) is 7.38. The van der Waals surface area contributed by atoms with E-state index in [1.807, 2.05) is 18.7 Å². The molecule has 1 N–H and O–H groups in total. The zero-order chi connectivity index (χ0) is 19.8. The average Bonchev–Trinajstić information content (AvgIpc) is 3.18. The first-order chi connectivity index (χ1) is 13.4. The topological polar surface area (TPSA) is 89.6 Å². The second kappa shape index (κ2) is 7.84. The van der Waals surface area contributed by atoms with Crippen LogP contribution in [0.15, 0.2) is 4.79 Å². The Bertz CT molecular complexity index is 977. The van der Waals surface area contributed by atoms with E-state index in [4.69, 9.17) is 0 Å². The first-order valence-corrected chi connectivity index (χ1v) is 11.2. The summed E-state index contributed by atoms with van der Waals surface area (Å²) >= 11 is 3.10. The highest BCUT2D eigenvalue weighted by molar-refractivity contribution is 8.00. The highest BCUT2D eigenvalue weighted by atomic mass is 32.2. The molecular weight excluding hydrogens is 398 g/mol. The van der Waals surface area contributed by atoms with Crippen LogP contribution < -0.4 is 5.56 Å². The Labute approximate surface area is 170 Å². The first-order valence-electron chi connectivity index (χ1n) is 9.27. The SMILES string of the molecule is Cc1sc2nc(CN3CCN(C(=O)CN4CSCC4=O)CC3)[nH]c(=O)c2c1C. The normalized spacial score (nSPS) is 18.4. The number of H-pyrrole nitrogens is 1. The van der Waals surface area contributed by atoms with Crippen molar-refractivity contribution in [2.75, 3.05) is 44.4 Å². The van der Waals surface area contributed by atoms with Crippen molar-refractivity contribution < 1.29 is 9.59 Å². The molecule has 0 saturated carbocycles. The van der Waals surface area contributed by atoms with Crippen LogP contribution in [-0.2, 0) is 16.1 Å². The second-order valence-electron chi connectivity index (χ2n) is 7.20. The standard InChI is InChI=1S/C18H23N5O3S2/c1-11-12(2)28-18-16(11)17(26)19-13(20-18)7-21-3-5-22(6-4-21)14(24)8-23-10-27-9-15(23)25/h3-10H2,1-2H3,(H,19,20,26). The number of hydrogen-bond acceptors (Lipinski definition) is 7. The van der Waals surface area contributed by atoms with Crippen molar-refractivity contribution in [1.82, 2.24) is 24.7 Å². The van der Waals surface area contributed by atoms with Crippen molar-refractivity contribution in [2.24, 2.45) is 0 Å². The van der Waals surface area contributed by atoms with Gasteiger partial charge >= 0.3 is 0 Å². The lowest BCUT2D eigenvalue weighted by atomic mass is 10.2. The summed E-state index contributed by atoms with van der Waals surface area (Å²) in [5, 5.41) is 0.691. The summed E-state index contributed by atoms with van der Waals surface area (Å²) in [4.78, 5) is 51.6. The third-order valence-electron chi connectivity index (χ3n) is 5.34. The van der Waals surface area contributed by atoms with Crippen LogP contribution in [0.4, 0.5) is 0 Å². The monoisotopic (exact) mass is 421 g/mol. The Kier molecular flexibility index (Phi) is 5.44. The molecule has 0 atom stereocenters. The van der Waals surface area contributed by atoms with Crippen LogP contribution in [0, 0.1) is 13.8 Å². The highest BCUT2D eigenvalue weighted by Crippen LogP contribution is 2.25. The number of nitrogens with zero attached hydrogens (tertiary/aromatic N) is 4. The van der Waals surface area contributed by atoms with Crippen LogP contribution in [0.1, 0.15) is 16.3 Å². The molecule has 2 aliphatic rings. The molecule has 0 aromatic carbocycles. The number of carbonyl (C=O) groups is 2. The minimum absolute atomic E-state index is 0.00740. The fraction of sp³-hybridized carbons (Fsp3) is 0.556. The molecule has 8 nitrogen and oxygen atoms in total. The number of piperazine rings is 1. The predicted molar refractivity (Wildman–Crippen MR) is 111 cm³/mol. The number of rotatable bonds is 4. The van der Waals surface area contributed by atoms with Crippen molar-refractivity contribution in [2.45, 2.75) is 20.4 Å². The van der Waals surface area contributed by atoms with Gasteiger partial charge in [-0.2, -0.15) is 0 Å². The number of aromatic amines is 1. The van der Waals surface area contributed by atoms with Crippen LogP contribution in [0.25, 0.3) is 10.2 Å². The number of amides is 2. The number of nitrogens with one attached hydrogen (secondary N) is 1. The number of hydrogen-bond donors (Lipinski definition) is 1. The maximum Gasteiger partial charge on any atom is 0.259 e. The Hall–Kier alpha value is -1.91. The zero-order valence-corrected chi connectivity index (χ0v) is 17.6. The van der Waals surface area contributed by atoms with Crippen molar-refractivity contribution in [3.8, 4) is 0 Å². The van der Waals surface area contributed by atoms with Crippen LogP contribution in [0.2, 0.25) is 0 Å². The average molecular weight is 422 g/mol. The van der Waals surface area contributed by atoms with Gasteiger partial charge in [0.25, 0.3) is 5.56 Å². The third kappa shape index (κ3) is 3.81. The molecule has 2 amide bonds. The van der Waals surface area contributed by atoms with Gasteiger partial charge in [0, 0.05) is 31.1 Å². The van der Waals surface area contributed by atoms with E-state index in [0.29, 0.717) is 42.5 Å². The van der Waals surface area contributed by atoms with Gasteiger partial charge in [0.05, 0.1) is 23.6 Å². The van der Waals surface area contributed by atoms with E-state index < -0.39 is 0 Å². The molecule has 28 heavy (non-hydrogen) atoms. The summed E-state index contributed by atoms with van der Waals surface area (Å²) in [7, 11) is 0. The Morgan fingerprint density at radius 1 is 1.18 bits per heavy atom. The van der Waals surface area contributed by atoms with Gasteiger partial charge in [-0.1, -0.05) is 0 Å². The summed E-state index contributed by atoms with van der Waals surface area (Å²) in [5.41, 5.74) is 0.922. The Morgan fingerprint density at radius 3 is 2.61 bits per heavy atom. The van der Waals surface area contributed by atoms with E-state index in [0.717, 1.165) is 28.4 Å². The first kappa shape index (κ1) is 19.4. The van der Waals surface area contributed by atoms with Crippen LogP contribution in [0.3, 0.4) is 0 Å². The van der Waals surface area contributed by atoms with E-state index in [2.05, 4.69) is 14.9 Å². The summed E-state index contributed by atoms with van der Waals surface area (Å²) < 4.78 is 0. The lowest BCUT2D eigenvalue weighted by Crippen LogP contribution is -2.51. The Balaban J connectivity index is 1.35. The van der Waals surface area contributed by atoms with Gasteiger partial charge in [-0.3, -0.25) is 19.3 Å². The number of carbonyl (C=O) groups excluding carboxylic acids is 2. The predicted octanol–water partition coefficient (Wildman–Crippen LogP) is 0.779. The lowest BCUT2D eigenvalue weighted by molar-refractivity contribution is -0.139. The molecule has 2 saturated heterocycles. The maximum absolute atomic E-state index is 12.4. The van der Waals surface area contributed by atoms with Crippen LogP contribution >= 0.6 is 23.1 Å². The number of aryl methyl sites for hydroxylation is 2. The molecule has 2 aromatic heterocycles. The Morgan fingerprint density at radius 2 is 1.93 bits per heavy atom. The molecule has 2 aromatic rings. The fourth-order valence-corrected chi connectivity index (χ4v) is 5.50. The number of thioether (sulfide) groups is 1. The smallest absolute Gasteiger partial charge is 0.259 e. The second-order valence-corrected chi connectivity index (χ2v) is 9.36. The third-order valence-corrected chi connectivity index (χ3v) is 7.38. The van der Waals surface area contributed by atoms with Gasteiger partial charge in [0.1, 0.15) is 17.2 Å². The molecule has 0 aliphatic carbocycles. The van der Waals surface area contributed by atoms with Gasteiger partial charge in [0.15, 0.2) is 0 Å². The molecule has 10 heteroatoms.